The van der Waals surface area contributed by atoms with E-state index in [1.165, 1.54) is 15.3 Å². The van der Waals surface area contributed by atoms with E-state index in [0.29, 0.717) is 11.5 Å². The Hall–Kier alpha value is -2.25. The van der Waals surface area contributed by atoms with Crippen LogP contribution in [-0.2, 0) is 13.0 Å². The second kappa shape index (κ2) is 6.24. The van der Waals surface area contributed by atoms with E-state index in [4.69, 9.17) is 9.47 Å². The van der Waals surface area contributed by atoms with Crippen molar-refractivity contribution in [2.24, 2.45) is 0 Å². The van der Waals surface area contributed by atoms with Crippen molar-refractivity contribution < 1.29 is 19.2 Å². The summed E-state index contributed by atoms with van der Waals surface area (Å²) in [6, 6.07) is 5.69. The summed E-state index contributed by atoms with van der Waals surface area (Å²) >= 11 is 1.70. The first-order chi connectivity index (χ1) is 12.1. The van der Waals surface area contributed by atoms with Gasteiger partial charge in [0.1, 0.15) is 17.7 Å². The minimum atomic E-state index is -0.338. The summed E-state index contributed by atoms with van der Waals surface area (Å²) in [7, 11) is 5.41. The van der Waals surface area contributed by atoms with Crippen LogP contribution in [-0.4, -0.2) is 33.7 Å². The van der Waals surface area contributed by atoms with E-state index in [-0.39, 0.29) is 12.1 Å². The predicted octanol–water partition coefficient (Wildman–Crippen LogP) is 1.19. The topological polar surface area (TPSA) is 64.0 Å². The van der Waals surface area contributed by atoms with Crippen molar-refractivity contribution in [3.63, 3.8) is 0 Å². The van der Waals surface area contributed by atoms with Gasteiger partial charge in [0.15, 0.2) is 11.5 Å². The van der Waals surface area contributed by atoms with Crippen LogP contribution in [0.1, 0.15) is 32.5 Å². The average molecular weight is 360 g/mol. The van der Waals surface area contributed by atoms with Gasteiger partial charge in [-0.25, -0.2) is 0 Å². The number of hydrogen-bond donors (Lipinski definition) is 3. The second-order valence-electron chi connectivity index (χ2n) is 6.48. The van der Waals surface area contributed by atoms with Gasteiger partial charge in [0.25, 0.3) is 5.91 Å². The molecule has 3 heterocycles. The molecule has 1 unspecified atom stereocenters. The second-order valence-corrected chi connectivity index (χ2v) is 7.58. The van der Waals surface area contributed by atoms with Crippen LogP contribution in [0.4, 0.5) is 5.00 Å². The normalized spacial score (nSPS) is 21.6. The highest BCUT2D eigenvalue weighted by molar-refractivity contribution is 7.16. The van der Waals surface area contributed by atoms with E-state index in [0.717, 1.165) is 35.6 Å². The lowest BCUT2D eigenvalue weighted by Gasteiger charge is -2.28. The van der Waals surface area contributed by atoms with E-state index in [9.17, 15) is 4.79 Å². The molecule has 0 bridgehead atoms. The van der Waals surface area contributed by atoms with Crippen molar-refractivity contribution in [1.82, 2.24) is 5.32 Å². The quantitative estimate of drug-likeness (QED) is 0.769. The zero-order chi connectivity index (χ0) is 17.6. The van der Waals surface area contributed by atoms with Gasteiger partial charge in [0.05, 0.1) is 38.3 Å². The van der Waals surface area contributed by atoms with Crippen LogP contribution in [0.3, 0.4) is 0 Å². The Balaban J connectivity index is 1.72. The Morgan fingerprint density at radius 1 is 1.24 bits per heavy atom. The van der Waals surface area contributed by atoms with Crippen LogP contribution in [0, 0.1) is 0 Å². The predicted molar refractivity (Wildman–Crippen MR) is 96.9 cm³/mol. The van der Waals surface area contributed by atoms with Crippen molar-refractivity contribution >= 4 is 22.2 Å². The Morgan fingerprint density at radius 2 is 2.08 bits per heavy atom. The number of para-hydroxylation sites is 1. The van der Waals surface area contributed by atoms with Crippen molar-refractivity contribution in [1.29, 1.82) is 0 Å². The molecule has 3 N–H and O–H groups in total. The van der Waals surface area contributed by atoms with Gasteiger partial charge >= 0.3 is 0 Å². The smallest absolute Gasteiger partial charge is 0.256 e. The number of amides is 1. The minimum Gasteiger partial charge on any atom is -0.493 e. The van der Waals surface area contributed by atoms with E-state index in [2.05, 4.69) is 17.7 Å². The van der Waals surface area contributed by atoms with Crippen LogP contribution in [0.2, 0.25) is 0 Å². The minimum absolute atomic E-state index is 0.0133. The molecule has 25 heavy (non-hydrogen) atoms. The molecule has 2 atom stereocenters. The third-order valence-electron chi connectivity index (χ3n) is 4.88. The highest BCUT2D eigenvalue weighted by atomic mass is 32.1. The lowest BCUT2D eigenvalue weighted by atomic mass is 10.0. The maximum Gasteiger partial charge on any atom is 0.256 e. The number of rotatable bonds is 3. The molecule has 0 saturated heterocycles. The number of nitrogens with one attached hydrogen (secondary N) is 3. The fourth-order valence-electron chi connectivity index (χ4n) is 3.63. The number of methoxy groups -OCH3 is 2. The van der Waals surface area contributed by atoms with Crippen molar-refractivity contribution in [3.05, 3.63) is 39.8 Å². The maximum absolute atomic E-state index is 12.8. The van der Waals surface area contributed by atoms with Crippen molar-refractivity contribution in [3.8, 4) is 11.5 Å². The van der Waals surface area contributed by atoms with Gasteiger partial charge in [-0.3, -0.25) is 4.79 Å². The van der Waals surface area contributed by atoms with Crippen LogP contribution >= 0.6 is 11.3 Å². The Morgan fingerprint density at radius 3 is 2.84 bits per heavy atom. The lowest BCUT2D eigenvalue weighted by Crippen LogP contribution is -3.08. The molecular formula is C18H22N3O3S+. The summed E-state index contributed by atoms with van der Waals surface area (Å²) in [6.45, 7) is 2.05. The maximum atomic E-state index is 12.8. The number of fused-ring (bicyclic) bond motifs is 3. The first-order valence-corrected chi connectivity index (χ1v) is 9.18. The number of ether oxygens (including phenoxy) is 2. The molecule has 1 aromatic carbocycles. The molecule has 0 spiro atoms. The number of anilines is 1. The Bertz CT molecular complexity index is 833. The molecule has 6 nitrogen and oxygen atoms in total. The number of quaternary nitrogens is 1. The van der Waals surface area contributed by atoms with Gasteiger partial charge in [-0.05, 0) is 11.6 Å². The third kappa shape index (κ3) is 2.63. The molecule has 1 aromatic heterocycles. The molecule has 132 valence electrons. The zero-order valence-corrected chi connectivity index (χ0v) is 15.4. The number of benzene rings is 1. The number of likely N-dealkylation sites (N-methyl/N-ethyl adjacent to an activating group) is 1. The number of hydrogen-bond acceptors (Lipinski definition) is 5. The average Bonchev–Trinajstić information content (AvgIpc) is 2.98. The Kier molecular flexibility index (Phi) is 4.05. The van der Waals surface area contributed by atoms with Gasteiger partial charge in [-0.15, -0.1) is 11.3 Å². The van der Waals surface area contributed by atoms with Crippen molar-refractivity contribution in [2.45, 2.75) is 19.1 Å². The number of carbonyl (C=O) groups excluding carboxylic acids is 1. The number of carbonyl (C=O) groups is 1. The first kappa shape index (κ1) is 16.2. The SMILES string of the molecule is COc1cccc([C@@H]2NC(=O)c3c(sc4c3CC[NH+](C)C4)N2)c1OC. The number of thiophene rings is 1. The fraction of sp³-hybridized carbons (Fsp3) is 0.389. The molecular weight excluding hydrogens is 338 g/mol. The Labute approximate surface area is 150 Å². The van der Waals surface area contributed by atoms with Crippen LogP contribution in [0.15, 0.2) is 18.2 Å². The largest absolute Gasteiger partial charge is 0.493 e. The van der Waals surface area contributed by atoms with Gasteiger partial charge in [0, 0.05) is 12.0 Å². The van der Waals surface area contributed by atoms with Gasteiger partial charge in [-0.2, -0.15) is 0 Å². The zero-order valence-electron chi connectivity index (χ0n) is 14.6. The molecule has 2 aromatic rings. The standard InChI is InChI=1S/C18H21N3O3S/c1-21-8-7-10-13(9-21)25-18-14(10)17(22)19-16(20-18)11-5-4-6-12(23-2)15(11)24-3/h4-6,16,20H,7-9H2,1-3H3,(H,19,22)/p+1/t16-/m1/s1. The van der Waals surface area contributed by atoms with Crippen molar-refractivity contribution in [2.75, 3.05) is 33.1 Å². The molecule has 1 amide bonds. The molecule has 0 fully saturated rings. The summed E-state index contributed by atoms with van der Waals surface area (Å²) in [5.74, 6) is 1.27. The van der Waals surface area contributed by atoms with Gasteiger partial charge < -0.3 is 25.0 Å². The molecule has 0 radical (unpaired) electrons. The molecule has 2 aliphatic heterocycles. The summed E-state index contributed by atoms with van der Waals surface area (Å²) < 4.78 is 10.9. The summed E-state index contributed by atoms with van der Waals surface area (Å²) in [4.78, 5) is 15.6. The van der Waals surface area contributed by atoms with Crippen LogP contribution in [0.25, 0.3) is 0 Å². The lowest BCUT2D eigenvalue weighted by molar-refractivity contribution is -0.895. The van der Waals surface area contributed by atoms with Gasteiger partial charge in [0.2, 0.25) is 0 Å². The summed E-state index contributed by atoms with van der Waals surface area (Å²) in [6.07, 6.45) is 0.616. The molecule has 7 heteroatoms. The van der Waals surface area contributed by atoms with E-state index in [1.54, 1.807) is 25.6 Å². The van der Waals surface area contributed by atoms with E-state index in [1.807, 2.05) is 18.2 Å². The summed E-state index contributed by atoms with van der Waals surface area (Å²) in [5, 5.41) is 7.52. The highest BCUT2D eigenvalue weighted by Crippen LogP contribution is 2.41. The van der Waals surface area contributed by atoms with Crippen LogP contribution < -0.4 is 25.0 Å². The van der Waals surface area contributed by atoms with E-state index >= 15 is 0 Å². The highest BCUT2D eigenvalue weighted by Gasteiger charge is 2.35. The molecule has 0 saturated carbocycles. The monoisotopic (exact) mass is 360 g/mol. The van der Waals surface area contributed by atoms with Gasteiger partial charge in [-0.1, -0.05) is 12.1 Å². The third-order valence-corrected chi connectivity index (χ3v) is 6.04. The molecule has 2 aliphatic rings. The summed E-state index contributed by atoms with van der Waals surface area (Å²) in [5.41, 5.74) is 2.90. The molecule has 4 rings (SSSR count). The first-order valence-electron chi connectivity index (χ1n) is 8.36. The molecule has 0 aliphatic carbocycles. The van der Waals surface area contributed by atoms with Crippen LogP contribution in [0.5, 0.6) is 11.5 Å². The fourth-order valence-corrected chi connectivity index (χ4v) is 5.01. The van der Waals surface area contributed by atoms with E-state index < -0.39 is 0 Å².